The van der Waals surface area contributed by atoms with Crippen molar-refractivity contribution in [1.29, 1.82) is 0 Å². The van der Waals surface area contributed by atoms with Crippen molar-refractivity contribution in [3.8, 4) is 0 Å². The van der Waals surface area contributed by atoms with Gasteiger partial charge in [0.1, 0.15) is 6.33 Å². The van der Waals surface area contributed by atoms with Crippen LogP contribution < -0.4 is 5.32 Å². The van der Waals surface area contributed by atoms with Gasteiger partial charge in [-0.2, -0.15) is 11.3 Å². The molecule has 0 saturated heterocycles. The summed E-state index contributed by atoms with van der Waals surface area (Å²) in [5, 5.41) is 6.49. The number of anilines is 1. The third-order valence-electron chi connectivity index (χ3n) is 1.51. The molecule has 2 aromatic heterocycles. The summed E-state index contributed by atoms with van der Waals surface area (Å²) < 4.78 is 1.39. The monoisotopic (exact) mass is 193 g/mol. The van der Waals surface area contributed by atoms with Gasteiger partial charge in [-0.3, -0.25) is 4.57 Å². The zero-order valence-corrected chi connectivity index (χ0v) is 7.49. The molecule has 0 aliphatic carbocycles. The van der Waals surface area contributed by atoms with E-state index in [1.54, 1.807) is 12.4 Å². The first-order valence-corrected chi connectivity index (χ1v) is 4.62. The van der Waals surface area contributed by atoms with E-state index in [0.717, 1.165) is 5.69 Å². The number of rotatable bonds is 1. The molecule has 1 N–H and O–H groups in total. The predicted octanol–water partition coefficient (Wildman–Crippen LogP) is 2.02. The lowest BCUT2D eigenvalue weighted by molar-refractivity contribution is 0.253. The Kier molecular flexibility index (Phi) is 2.09. The normalized spacial score (nSPS) is 9.85. The van der Waals surface area contributed by atoms with Gasteiger partial charge in [0, 0.05) is 17.8 Å². The first-order valence-electron chi connectivity index (χ1n) is 3.68. The second-order valence-corrected chi connectivity index (χ2v) is 3.19. The fourth-order valence-electron chi connectivity index (χ4n) is 0.903. The molecular weight excluding hydrogens is 186 g/mol. The minimum atomic E-state index is -0.198. The number of hydrogen-bond donors (Lipinski definition) is 1. The molecule has 2 rings (SSSR count). The van der Waals surface area contributed by atoms with Crippen LogP contribution in [0.5, 0.6) is 0 Å². The summed E-state index contributed by atoms with van der Waals surface area (Å²) in [6.45, 7) is 0. The maximum absolute atomic E-state index is 11.4. The predicted molar refractivity (Wildman–Crippen MR) is 51.0 cm³/mol. The highest BCUT2D eigenvalue weighted by Gasteiger charge is 2.02. The van der Waals surface area contributed by atoms with Crippen LogP contribution in [-0.4, -0.2) is 15.6 Å². The minimum absolute atomic E-state index is 0.198. The summed E-state index contributed by atoms with van der Waals surface area (Å²) in [7, 11) is 0. The molecule has 0 saturated carbocycles. The zero-order valence-electron chi connectivity index (χ0n) is 6.68. The van der Waals surface area contributed by atoms with E-state index in [0.29, 0.717) is 0 Å². The van der Waals surface area contributed by atoms with Crippen LogP contribution in [0.25, 0.3) is 0 Å². The van der Waals surface area contributed by atoms with Crippen LogP contribution in [-0.2, 0) is 0 Å². The van der Waals surface area contributed by atoms with E-state index in [2.05, 4.69) is 10.3 Å². The Morgan fingerprint density at radius 1 is 1.62 bits per heavy atom. The average molecular weight is 193 g/mol. The molecule has 0 spiro atoms. The molecular formula is C8H7N3OS. The molecule has 0 bridgehead atoms. The molecule has 2 heterocycles. The first-order chi connectivity index (χ1) is 6.36. The lowest BCUT2D eigenvalue weighted by atomic mass is 10.5. The largest absolute Gasteiger partial charge is 0.331 e. The van der Waals surface area contributed by atoms with E-state index in [1.165, 1.54) is 22.2 Å². The van der Waals surface area contributed by atoms with Gasteiger partial charge in [-0.1, -0.05) is 0 Å². The highest BCUT2D eigenvalue weighted by molar-refractivity contribution is 7.08. The van der Waals surface area contributed by atoms with E-state index >= 15 is 0 Å². The number of aromatic nitrogens is 2. The summed E-state index contributed by atoms with van der Waals surface area (Å²) in [4.78, 5) is 15.2. The molecule has 13 heavy (non-hydrogen) atoms. The Labute approximate surface area is 78.8 Å². The van der Waals surface area contributed by atoms with Gasteiger partial charge in [0.15, 0.2) is 0 Å². The van der Waals surface area contributed by atoms with Crippen molar-refractivity contribution in [2.24, 2.45) is 0 Å². The Balaban J connectivity index is 2.08. The van der Waals surface area contributed by atoms with Crippen molar-refractivity contribution in [3.05, 3.63) is 35.5 Å². The smallest absolute Gasteiger partial charge is 0.306 e. The lowest BCUT2D eigenvalue weighted by Crippen LogP contribution is -2.17. The topological polar surface area (TPSA) is 46.9 Å². The highest BCUT2D eigenvalue weighted by atomic mass is 32.1. The molecule has 1 amide bonds. The van der Waals surface area contributed by atoms with Crippen molar-refractivity contribution in [2.75, 3.05) is 5.32 Å². The van der Waals surface area contributed by atoms with Crippen molar-refractivity contribution < 1.29 is 4.79 Å². The number of thiophene rings is 1. The van der Waals surface area contributed by atoms with E-state index < -0.39 is 0 Å². The molecule has 0 aromatic carbocycles. The molecule has 0 aliphatic heterocycles. The molecule has 0 atom stereocenters. The second kappa shape index (κ2) is 3.40. The molecule has 0 radical (unpaired) electrons. The Hall–Kier alpha value is -1.62. The van der Waals surface area contributed by atoms with Crippen LogP contribution in [0.15, 0.2) is 35.5 Å². The van der Waals surface area contributed by atoms with Crippen LogP contribution in [0.2, 0.25) is 0 Å². The molecule has 66 valence electrons. The summed E-state index contributed by atoms with van der Waals surface area (Å²) in [5.41, 5.74) is 0.809. The number of hydrogen-bond acceptors (Lipinski definition) is 3. The van der Waals surface area contributed by atoms with Gasteiger partial charge in [-0.25, -0.2) is 9.78 Å². The third kappa shape index (κ3) is 1.75. The quantitative estimate of drug-likeness (QED) is 0.753. The zero-order chi connectivity index (χ0) is 9.10. The SMILES string of the molecule is O=C(Nc1ccsc1)n1ccnc1. The van der Waals surface area contributed by atoms with Crippen molar-refractivity contribution >= 4 is 23.1 Å². The molecule has 5 heteroatoms. The summed E-state index contributed by atoms with van der Waals surface area (Å²) in [6, 6.07) is 1.65. The van der Waals surface area contributed by atoms with Gasteiger partial charge in [-0.15, -0.1) is 0 Å². The Morgan fingerprint density at radius 3 is 3.15 bits per heavy atom. The summed E-state index contributed by atoms with van der Waals surface area (Å²) in [5.74, 6) is 0. The number of carbonyl (C=O) groups excluding carboxylic acids is 1. The number of carbonyl (C=O) groups is 1. The molecule has 0 unspecified atom stereocenters. The summed E-state index contributed by atoms with van der Waals surface area (Å²) >= 11 is 1.54. The Bertz CT molecular complexity index is 379. The number of nitrogens with zero attached hydrogens (tertiary/aromatic N) is 2. The third-order valence-corrected chi connectivity index (χ3v) is 2.19. The van der Waals surface area contributed by atoms with Crippen LogP contribution in [0.4, 0.5) is 10.5 Å². The fourth-order valence-corrected chi connectivity index (χ4v) is 1.49. The molecule has 2 aromatic rings. The molecule has 0 fully saturated rings. The molecule has 0 aliphatic rings. The van der Waals surface area contributed by atoms with Crippen LogP contribution in [0, 0.1) is 0 Å². The van der Waals surface area contributed by atoms with Crippen LogP contribution >= 0.6 is 11.3 Å². The van der Waals surface area contributed by atoms with Gasteiger partial charge in [-0.05, 0) is 11.4 Å². The van der Waals surface area contributed by atoms with Gasteiger partial charge in [0.25, 0.3) is 0 Å². The first kappa shape index (κ1) is 8.00. The Morgan fingerprint density at radius 2 is 2.54 bits per heavy atom. The van der Waals surface area contributed by atoms with E-state index in [9.17, 15) is 4.79 Å². The van der Waals surface area contributed by atoms with Gasteiger partial charge in [0.05, 0.1) is 5.69 Å². The van der Waals surface area contributed by atoms with Crippen LogP contribution in [0.1, 0.15) is 0 Å². The van der Waals surface area contributed by atoms with Crippen LogP contribution in [0.3, 0.4) is 0 Å². The summed E-state index contributed by atoms with van der Waals surface area (Å²) in [6.07, 6.45) is 4.62. The minimum Gasteiger partial charge on any atom is -0.306 e. The lowest BCUT2D eigenvalue weighted by Gasteiger charge is -2.01. The van der Waals surface area contributed by atoms with Gasteiger partial charge >= 0.3 is 6.03 Å². The highest BCUT2D eigenvalue weighted by Crippen LogP contribution is 2.11. The van der Waals surface area contributed by atoms with Gasteiger partial charge in [0.2, 0.25) is 0 Å². The maximum atomic E-state index is 11.4. The number of amides is 1. The van der Waals surface area contributed by atoms with E-state index in [1.807, 2.05) is 16.8 Å². The fraction of sp³-hybridized carbons (Fsp3) is 0. The van der Waals surface area contributed by atoms with Gasteiger partial charge < -0.3 is 5.32 Å². The molecule has 4 nitrogen and oxygen atoms in total. The van der Waals surface area contributed by atoms with Crippen molar-refractivity contribution in [3.63, 3.8) is 0 Å². The van der Waals surface area contributed by atoms with Crippen molar-refractivity contribution in [2.45, 2.75) is 0 Å². The standard InChI is InChI=1S/C8H7N3OS/c12-8(11-3-2-9-6-11)10-7-1-4-13-5-7/h1-6H,(H,10,12). The number of imidazole rings is 1. The van der Waals surface area contributed by atoms with E-state index in [4.69, 9.17) is 0 Å². The average Bonchev–Trinajstić information content (AvgIpc) is 2.74. The van der Waals surface area contributed by atoms with E-state index in [-0.39, 0.29) is 6.03 Å². The van der Waals surface area contributed by atoms with Crippen molar-refractivity contribution in [1.82, 2.24) is 9.55 Å². The second-order valence-electron chi connectivity index (χ2n) is 2.41. The maximum Gasteiger partial charge on any atom is 0.331 e. The number of nitrogens with one attached hydrogen (secondary N) is 1.